The Morgan fingerprint density at radius 3 is 3.00 bits per heavy atom. The quantitative estimate of drug-likeness (QED) is 0.913. The molecule has 0 aliphatic carbocycles. The Labute approximate surface area is 123 Å². The van der Waals surface area contributed by atoms with Crippen molar-refractivity contribution >= 4 is 10.9 Å². The molecule has 1 aromatic heterocycles. The molecule has 2 saturated heterocycles. The summed E-state index contributed by atoms with van der Waals surface area (Å²) in [5.41, 5.74) is 0.922. The largest absolute Gasteiger partial charge is 0.458 e. The topological polar surface area (TPSA) is 56.3 Å². The van der Waals surface area contributed by atoms with Gasteiger partial charge in [-0.1, -0.05) is 18.2 Å². The minimum Gasteiger partial charge on any atom is -0.458 e. The third kappa shape index (κ3) is 2.59. The average molecular weight is 285 g/mol. The van der Waals surface area contributed by atoms with Crippen LogP contribution < -0.4 is 10.1 Å². The predicted molar refractivity (Wildman–Crippen MR) is 79.4 cm³/mol. The van der Waals surface area contributed by atoms with Crippen LogP contribution in [-0.2, 0) is 4.74 Å². The van der Waals surface area contributed by atoms with Gasteiger partial charge in [0.25, 0.3) is 0 Å². The summed E-state index contributed by atoms with van der Waals surface area (Å²) in [7, 11) is 0. The molecule has 4 rings (SSSR count). The van der Waals surface area contributed by atoms with Gasteiger partial charge in [0, 0.05) is 18.0 Å². The van der Waals surface area contributed by atoms with Crippen molar-refractivity contribution in [3.8, 4) is 6.01 Å². The highest BCUT2D eigenvalue weighted by Crippen LogP contribution is 2.35. The molecule has 110 valence electrons. The lowest BCUT2D eigenvalue weighted by Gasteiger charge is -2.32. The molecular formula is C16H19N3O2. The number of ether oxygens (including phenoxy) is 2. The minimum atomic E-state index is 0.00671. The molecule has 0 radical (unpaired) electrons. The Morgan fingerprint density at radius 2 is 2.10 bits per heavy atom. The number of nitrogens with zero attached hydrogens (tertiary/aromatic N) is 2. The Bertz CT molecular complexity index is 640. The molecule has 2 aliphatic heterocycles. The van der Waals surface area contributed by atoms with Gasteiger partial charge < -0.3 is 14.8 Å². The highest BCUT2D eigenvalue weighted by molar-refractivity contribution is 5.77. The highest BCUT2D eigenvalue weighted by atomic mass is 16.6. The van der Waals surface area contributed by atoms with E-state index in [-0.39, 0.29) is 11.7 Å². The number of para-hydroxylation sites is 1. The number of nitrogens with one attached hydrogen (secondary N) is 1. The zero-order chi connectivity index (χ0) is 14.1. The molecule has 0 amide bonds. The van der Waals surface area contributed by atoms with Crippen molar-refractivity contribution in [2.45, 2.75) is 31.0 Å². The van der Waals surface area contributed by atoms with E-state index < -0.39 is 0 Å². The van der Waals surface area contributed by atoms with Gasteiger partial charge >= 0.3 is 6.01 Å². The van der Waals surface area contributed by atoms with E-state index in [0.717, 1.165) is 43.3 Å². The Hall–Kier alpha value is -1.72. The third-order valence-corrected chi connectivity index (χ3v) is 4.43. The first kappa shape index (κ1) is 13.0. The van der Waals surface area contributed by atoms with Crippen LogP contribution in [0.5, 0.6) is 6.01 Å². The molecular weight excluding hydrogens is 266 g/mol. The van der Waals surface area contributed by atoms with Crippen molar-refractivity contribution in [3.05, 3.63) is 30.5 Å². The van der Waals surface area contributed by atoms with Gasteiger partial charge in [0.1, 0.15) is 6.10 Å². The second kappa shape index (κ2) is 5.24. The van der Waals surface area contributed by atoms with Gasteiger partial charge in [0.05, 0.1) is 17.7 Å². The molecule has 1 aromatic carbocycles. The van der Waals surface area contributed by atoms with Crippen LogP contribution in [0.4, 0.5) is 0 Å². The maximum Gasteiger partial charge on any atom is 0.317 e. The summed E-state index contributed by atoms with van der Waals surface area (Å²) in [4.78, 5) is 8.77. The lowest BCUT2D eigenvalue weighted by molar-refractivity contribution is -0.0206. The summed E-state index contributed by atoms with van der Waals surface area (Å²) in [6.45, 7) is 2.69. The maximum atomic E-state index is 6.03. The molecule has 2 fully saturated rings. The number of benzene rings is 1. The minimum absolute atomic E-state index is 0.00671. The first-order valence-electron chi connectivity index (χ1n) is 7.56. The van der Waals surface area contributed by atoms with E-state index in [1.165, 1.54) is 0 Å². The number of aromatic nitrogens is 2. The molecule has 1 spiro atoms. The summed E-state index contributed by atoms with van der Waals surface area (Å²) in [5.74, 6) is 0. The number of hydrogen-bond acceptors (Lipinski definition) is 5. The molecule has 0 saturated carbocycles. The van der Waals surface area contributed by atoms with Crippen molar-refractivity contribution < 1.29 is 9.47 Å². The molecule has 0 bridgehead atoms. The molecule has 1 atom stereocenters. The molecule has 5 heteroatoms. The van der Waals surface area contributed by atoms with Crippen LogP contribution in [0.15, 0.2) is 30.5 Å². The molecule has 3 heterocycles. The summed E-state index contributed by atoms with van der Waals surface area (Å²) in [5, 5.41) is 4.41. The average Bonchev–Trinajstić information content (AvgIpc) is 2.90. The van der Waals surface area contributed by atoms with E-state index >= 15 is 0 Å². The fourth-order valence-electron chi connectivity index (χ4n) is 3.27. The Balaban J connectivity index is 1.48. The van der Waals surface area contributed by atoms with Crippen molar-refractivity contribution in [2.24, 2.45) is 0 Å². The van der Waals surface area contributed by atoms with Gasteiger partial charge in [-0.2, -0.15) is 4.98 Å². The van der Waals surface area contributed by atoms with E-state index in [0.29, 0.717) is 12.6 Å². The number of rotatable bonds is 2. The smallest absolute Gasteiger partial charge is 0.317 e. The summed E-state index contributed by atoms with van der Waals surface area (Å²) in [6, 6.07) is 8.39. The molecule has 1 N–H and O–H groups in total. The van der Waals surface area contributed by atoms with E-state index in [2.05, 4.69) is 15.3 Å². The van der Waals surface area contributed by atoms with Crippen LogP contribution in [0.1, 0.15) is 19.3 Å². The van der Waals surface area contributed by atoms with Crippen molar-refractivity contribution in [1.29, 1.82) is 0 Å². The molecule has 2 aromatic rings. The van der Waals surface area contributed by atoms with E-state index in [4.69, 9.17) is 9.47 Å². The molecule has 21 heavy (non-hydrogen) atoms. The first-order valence-corrected chi connectivity index (χ1v) is 7.56. The summed E-state index contributed by atoms with van der Waals surface area (Å²) >= 11 is 0. The van der Waals surface area contributed by atoms with Gasteiger partial charge in [-0.05, 0) is 32.0 Å². The zero-order valence-corrected chi connectivity index (χ0v) is 11.9. The monoisotopic (exact) mass is 285 g/mol. The standard InChI is InChI=1S/C16H19N3O2/c1-2-4-14-12(3-1)10-18-15(19-14)21-13-9-16(20-11-13)5-7-17-8-6-16/h1-4,10,13,17H,5-9,11H2. The second-order valence-electron chi connectivity index (χ2n) is 5.90. The second-order valence-corrected chi connectivity index (χ2v) is 5.90. The van der Waals surface area contributed by atoms with Crippen molar-refractivity contribution in [1.82, 2.24) is 15.3 Å². The Kier molecular flexibility index (Phi) is 3.24. The summed E-state index contributed by atoms with van der Waals surface area (Å²) < 4.78 is 12.0. The number of fused-ring (bicyclic) bond motifs is 1. The van der Waals surface area contributed by atoms with Gasteiger partial charge in [0.2, 0.25) is 0 Å². The SMILES string of the molecule is c1ccc2nc(OC3COC4(CCNCC4)C3)ncc2c1. The van der Waals surface area contributed by atoms with Crippen LogP contribution >= 0.6 is 0 Å². The normalized spacial score (nSPS) is 24.5. The first-order chi connectivity index (χ1) is 10.3. The van der Waals surface area contributed by atoms with E-state index in [1.54, 1.807) is 0 Å². The zero-order valence-electron chi connectivity index (χ0n) is 11.9. The van der Waals surface area contributed by atoms with Gasteiger partial charge in [-0.3, -0.25) is 0 Å². The van der Waals surface area contributed by atoms with Crippen LogP contribution in [0, 0.1) is 0 Å². The summed E-state index contributed by atoms with van der Waals surface area (Å²) in [6.07, 6.45) is 4.93. The van der Waals surface area contributed by atoms with Crippen LogP contribution in [0.2, 0.25) is 0 Å². The molecule has 1 unspecified atom stereocenters. The lowest BCUT2D eigenvalue weighted by Crippen LogP contribution is -2.41. The molecule has 2 aliphatic rings. The maximum absolute atomic E-state index is 6.03. The van der Waals surface area contributed by atoms with Crippen molar-refractivity contribution in [3.63, 3.8) is 0 Å². The van der Waals surface area contributed by atoms with Gasteiger partial charge in [-0.25, -0.2) is 4.98 Å². The predicted octanol–water partition coefficient (Wildman–Crippen LogP) is 1.92. The van der Waals surface area contributed by atoms with Crippen LogP contribution in [0.3, 0.4) is 0 Å². The number of piperidine rings is 1. The lowest BCUT2D eigenvalue weighted by atomic mass is 9.89. The van der Waals surface area contributed by atoms with Gasteiger partial charge in [-0.15, -0.1) is 0 Å². The van der Waals surface area contributed by atoms with Crippen LogP contribution in [0.25, 0.3) is 10.9 Å². The van der Waals surface area contributed by atoms with E-state index in [9.17, 15) is 0 Å². The number of hydrogen-bond donors (Lipinski definition) is 1. The van der Waals surface area contributed by atoms with Crippen molar-refractivity contribution in [2.75, 3.05) is 19.7 Å². The van der Waals surface area contributed by atoms with Gasteiger partial charge in [0.15, 0.2) is 0 Å². The Morgan fingerprint density at radius 1 is 1.24 bits per heavy atom. The third-order valence-electron chi connectivity index (χ3n) is 4.43. The van der Waals surface area contributed by atoms with E-state index in [1.807, 2.05) is 30.5 Å². The van der Waals surface area contributed by atoms with Crippen LogP contribution in [-0.4, -0.2) is 41.4 Å². The highest BCUT2D eigenvalue weighted by Gasteiger charge is 2.42. The molecule has 5 nitrogen and oxygen atoms in total. The fourth-order valence-corrected chi connectivity index (χ4v) is 3.27. The fraction of sp³-hybridized carbons (Fsp3) is 0.500.